The Kier molecular flexibility index (Phi) is 3.91. The molecule has 2 aromatic rings. The predicted octanol–water partition coefficient (Wildman–Crippen LogP) is 2.08. The summed E-state index contributed by atoms with van der Waals surface area (Å²) >= 11 is 3.35. The number of aromatic nitrogens is 3. The molecule has 2 heterocycles. The minimum Gasteiger partial charge on any atom is -0.317 e. The van der Waals surface area contributed by atoms with E-state index in [0.29, 0.717) is 10.3 Å². The van der Waals surface area contributed by atoms with E-state index in [1.54, 1.807) is 11.7 Å². The first-order chi connectivity index (χ1) is 10.1. The van der Waals surface area contributed by atoms with E-state index in [4.69, 9.17) is 0 Å². The highest BCUT2D eigenvalue weighted by Gasteiger charge is 2.43. The molecule has 110 valence electrons. The van der Waals surface area contributed by atoms with Crippen LogP contribution in [0, 0.1) is 0 Å². The van der Waals surface area contributed by atoms with Gasteiger partial charge in [0.2, 0.25) is 0 Å². The number of nitrogens with one attached hydrogen (secondary N) is 1. The minimum absolute atomic E-state index is 0.0922. The van der Waals surface area contributed by atoms with Crippen molar-refractivity contribution in [2.24, 2.45) is 7.05 Å². The molecule has 1 N–H and O–H groups in total. The van der Waals surface area contributed by atoms with E-state index in [0.717, 1.165) is 31.5 Å². The second-order valence-electron chi connectivity index (χ2n) is 5.38. The number of halogens is 1. The predicted molar refractivity (Wildman–Crippen MR) is 83.3 cm³/mol. The first-order valence-corrected chi connectivity index (χ1v) is 7.81. The molecule has 1 saturated heterocycles. The Morgan fingerprint density at radius 2 is 1.95 bits per heavy atom. The fourth-order valence-electron chi connectivity index (χ4n) is 3.06. The standard InChI is InChI=1S/C15H17BrN4O/c1-20-12(14(16)18-19-20)13(21)15(7-9-17-10-8-15)11-5-3-2-4-6-11/h2-6,17H,7-10H2,1H3. The van der Waals surface area contributed by atoms with Crippen molar-refractivity contribution < 1.29 is 4.79 Å². The van der Waals surface area contributed by atoms with Crippen molar-refractivity contribution in [1.82, 2.24) is 20.3 Å². The zero-order chi connectivity index (χ0) is 14.9. The van der Waals surface area contributed by atoms with Crippen LogP contribution in [0.5, 0.6) is 0 Å². The first-order valence-electron chi connectivity index (χ1n) is 7.01. The van der Waals surface area contributed by atoms with Crippen LogP contribution in [0.25, 0.3) is 0 Å². The number of carbonyl (C=O) groups excluding carboxylic acids is 1. The Balaban J connectivity index is 2.10. The molecule has 0 saturated carbocycles. The molecule has 1 aromatic heterocycles. The van der Waals surface area contributed by atoms with Crippen molar-refractivity contribution in [3.05, 3.63) is 46.2 Å². The van der Waals surface area contributed by atoms with Gasteiger partial charge in [-0.25, -0.2) is 4.68 Å². The van der Waals surface area contributed by atoms with Crippen molar-refractivity contribution in [1.29, 1.82) is 0 Å². The number of Topliss-reactive ketones (excluding diaryl/α,β-unsaturated/α-hetero) is 1. The smallest absolute Gasteiger partial charge is 0.194 e. The lowest BCUT2D eigenvalue weighted by molar-refractivity contribution is 0.0836. The normalized spacial score (nSPS) is 17.6. The topological polar surface area (TPSA) is 59.8 Å². The van der Waals surface area contributed by atoms with Crippen molar-refractivity contribution in [3.8, 4) is 0 Å². The van der Waals surface area contributed by atoms with Gasteiger partial charge in [0.25, 0.3) is 0 Å². The Hall–Kier alpha value is -1.53. The quantitative estimate of drug-likeness (QED) is 0.862. The van der Waals surface area contributed by atoms with Gasteiger partial charge < -0.3 is 5.32 Å². The van der Waals surface area contributed by atoms with Crippen LogP contribution < -0.4 is 5.32 Å². The molecule has 3 rings (SSSR count). The Labute approximate surface area is 131 Å². The molecular weight excluding hydrogens is 332 g/mol. The van der Waals surface area contributed by atoms with Gasteiger partial charge in [0.15, 0.2) is 10.4 Å². The molecule has 0 amide bonds. The summed E-state index contributed by atoms with van der Waals surface area (Å²) < 4.78 is 2.07. The Bertz CT molecular complexity index is 627. The zero-order valence-corrected chi connectivity index (χ0v) is 13.4. The minimum atomic E-state index is -0.496. The summed E-state index contributed by atoms with van der Waals surface area (Å²) in [6.07, 6.45) is 1.57. The van der Waals surface area contributed by atoms with Crippen LogP contribution in [-0.2, 0) is 12.5 Å². The van der Waals surface area contributed by atoms with Crippen LogP contribution in [0.1, 0.15) is 28.9 Å². The number of nitrogens with zero attached hydrogens (tertiary/aromatic N) is 3. The van der Waals surface area contributed by atoms with Gasteiger partial charge in [-0.15, -0.1) is 5.10 Å². The van der Waals surface area contributed by atoms with E-state index in [1.165, 1.54) is 0 Å². The SMILES string of the molecule is Cn1nnc(Br)c1C(=O)C1(c2ccccc2)CCNCC1. The van der Waals surface area contributed by atoms with Gasteiger partial charge in [-0.05, 0) is 47.4 Å². The summed E-state index contributed by atoms with van der Waals surface area (Å²) in [5.41, 5.74) is 1.12. The maximum atomic E-state index is 13.3. The molecular formula is C15H17BrN4O. The van der Waals surface area contributed by atoms with Gasteiger partial charge in [-0.2, -0.15) is 0 Å². The molecule has 1 fully saturated rings. The average molecular weight is 349 g/mol. The highest BCUT2D eigenvalue weighted by atomic mass is 79.9. The zero-order valence-electron chi connectivity index (χ0n) is 11.8. The monoisotopic (exact) mass is 348 g/mol. The van der Waals surface area contributed by atoms with E-state index in [1.807, 2.05) is 30.3 Å². The highest BCUT2D eigenvalue weighted by molar-refractivity contribution is 9.10. The number of benzene rings is 1. The van der Waals surface area contributed by atoms with Crippen molar-refractivity contribution in [2.45, 2.75) is 18.3 Å². The molecule has 0 unspecified atom stereocenters. The number of aryl methyl sites for hydroxylation is 1. The van der Waals surface area contributed by atoms with E-state index < -0.39 is 5.41 Å². The number of hydrogen-bond donors (Lipinski definition) is 1. The van der Waals surface area contributed by atoms with Gasteiger partial charge in [-0.3, -0.25) is 4.79 Å². The number of rotatable bonds is 3. The summed E-state index contributed by atoms with van der Waals surface area (Å²) in [7, 11) is 1.75. The molecule has 0 radical (unpaired) electrons. The largest absolute Gasteiger partial charge is 0.317 e. The third kappa shape index (κ3) is 2.42. The molecule has 6 heteroatoms. The van der Waals surface area contributed by atoms with Crippen molar-refractivity contribution in [2.75, 3.05) is 13.1 Å². The molecule has 0 aliphatic carbocycles. The van der Waals surface area contributed by atoms with Gasteiger partial charge in [0.1, 0.15) is 5.69 Å². The lowest BCUT2D eigenvalue weighted by Gasteiger charge is -2.36. The van der Waals surface area contributed by atoms with E-state index in [9.17, 15) is 4.79 Å². The van der Waals surface area contributed by atoms with Gasteiger partial charge >= 0.3 is 0 Å². The maximum absolute atomic E-state index is 13.3. The number of hydrogen-bond acceptors (Lipinski definition) is 4. The van der Waals surface area contributed by atoms with E-state index in [-0.39, 0.29) is 5.78 Å². The van der Waals surface area contributed by atoms with E-state index >= 15 is 0 Å². The van der Waals surface area contributed by atoms with Crippen LogP contribution in [0.3, 0.4) is 0 Å². The molecule has 0 bridgehead atoms. The van der Waals surface area contributed by atoms with Crippen LogP contribution >= 0.6 is 15.9 Å². The Morgan fingerprint density at radius 3 is 2.52 bits per heavy atom. The average Bonchev–Trinajstić information content (AvgIpc) is 2.87. The summed E-state index contributed by atoms with van der Waals surface area (Å²) in [4.78, 5) is 13.3. The lowest BCUT2D eigenvalue weighted by Crippen LogP contribution is -2.46. The van der Waals surface area contributed by atoms with Crippen LogP contribution in [0.2, 0.25) is 0 Å². The van der Waals surface area contributed by atoms with Crippen molar-refractivity contribution >= 4 is 21.7 Å². The summed E-state index contributed by atoms with van der Waals surface area (Å²) in [6.45, 7) is 1.67. The van der Waals surface area contributed by atoms with Crippen molar-refractivity contribution in [3.63, 3.8) is 0 Å². The molecule has 0 spiro atoms. The lowest BCUT2D eigenvalue weighted by atomic mass is 9.69. The van der Waals surface area contributed by atoms with Gasteiger partial charge in [0, 0.05) is 7.05 Å². The Morgan fingerprint density at radius 1 is 1.29 bits per heavy atom. The number of ketones is 1. The molecule has 1 aliphatic rings. The van der Waals surface area contributed by atoms with Crippen LogP contribution in [0.15, 0.2) is 34.9 Å². The molecule has 1 aliphatic heterocycles. The fraction of sp³-hybridized carbons (Fsp3) is 0.400. The third-order valence-corrected chi connectivity index (χ3v) is 4.75. The maximum Gasteiger partial charge on any atom is 0.194 e. The summed E-state index contributed by atoms with van der Waals surface area (Å²) in [6, 6.07) is 10.0. The van der Waals surface area contributed by atoms with Crippen LogP contribution in [0.4, 0.5) is 0 Å². The summed E-state index contributed by atoms with van der Waals surface area (Å²) in [5, 5.41) is 11.2. The van der Waals surface area contributed by atoms with Gasteiger partial charge in [-0.1, -0.05) is 35.5 Å². The molecule has 0 atom stereocenters. The fourth-order valence-corrected chi connectivity index (χ4v) is 3.56. The molecule has 5 nitrogen and oxygen atoms in total. The first kappa shape index (κ1) is 14.4. The summed E-state index contributed by atoms with van der Waals surface area (Å²) in [5.74, 6) is 0.0922. The number of carbonyl (C=O) groups is 1. The third-order valence-electron chi connectivity index (χ3n) is 4.22. The highest BCUT2D eigenvalue weighted by Crippen LogP contribution is 2.37. The van der Waals surface area contributed by atoms with Gasteiger partial charge in [0.05, 0.1) is 5.41 Å². The molecule has 21 heavy (non-hydrogen) atoms. The van der Waals surface area contributed by atoms with Crippen LogP contribution in [-0.4, -0.2) is 33.9 Å². The second-order valence-corrected chi connectivity index (χ2v) is 6.13. The number of piperidine rings is 1. The molecule has 1 aromatic carbocycles. The second kappa shape index (κ2) is 5.69. The van der Waals surface area contributed by atoms with E-state index in [2.05, 4.69) is 31.6 Å².